The van der Waals surface area contributed by atoms with Crippen LogP contribution in [0.15, 0.2) is 18.2 Å². The Morgan fingerprint density at radius 2 is 1.90 bits per heavy atom. The van der Waals surface area contributed by atoms with Gasteiger partial charge in [-0.3, -0.25) is 14.5 Å². The van der Waals surface area contributed by atoms with E-state index in [1.54, 1.807) is 17.0 Å². The van der Waals surface area contributed by atoms with Gasteiger partial charge in [0.15, 0.2) is 0 Å². The Morgan fingerprint density at radius 3 is 2.56 bits per heavy atom. The van der Waals surface area contributed by atoms with E-state index in [1.807, 2.05) is 11.8 Å². The molecule has 2 amide bonds. The van der Waals surface area contributed by atoms with Crippen LogP contribution in [0.25, 0.3) is 11.6 Å². The van der Waals surface area contributed by atoms with Gasteiger partial charge in [0.25, 0.3) is 11.8 Å². The van der Waals surface area contributed by atoms with Gasteiger partial charge in [0.05, 0.1) is 30.9 Å². The minimum Gasteiger partial charge on any atom is -0.479 e. The summed E-state index contributed by atoms with van der Waals surface area (Å²) in [5, 5.41) is 29.2. The Labute approximate surface area is 224 Å². The van der Waals surface area contributed by atoms with Gasteiger partial charge in [0.1, 0.15) is 18.1 Å². The number of carbonyl (C=O) groups is 3. The van der Waals surface area contributed by atoms with Crippen LogP contribution in [-0.4, -0.2) is 99.6 Å². The molecule has 0 bridgehead atoms. The van der Waals surface area contributed by atoms with Crippen LogP contribution in [0.4, 0.5) is 10.1 Å². The normalized spacial score (nSPS) is 19.9. The molecule has 11 nitrogen and oxygen atoms in total. The standard InChI is InChI=1S/C24H27FN4O4.C3H6O3/c1-14-20(12-17-16-11-15(25)4-5-18(16)27-23(17)31)26-19-3-2-6-29(24(32)22(14)19)13-21(30)28-7-9-33-10-8-28;1-2(4)3(5)6/h4-5,11-12,21,26,30H,2-3,6-10,13H2,1H3,(H,27,31);2,4H,1H3,(H,5,6)/b17-12-;/t21-;/m0./s1. The van der Waals surface area contributed by atoms with Gasteiger partial charge in [-0.25, -0.2) is 9.18 Å². The number of carboxylic acids is 1. The van der Waals surface area contributed by atoms with Crippen LogP contribution in [0.5, 0.6) is 0 Å². The van der Waals surface area contributed by atoms with Crippen molar-refractivity contribution in [3.63, 3.8) is 0 Å². The van der Waals surface area contributed by atoms with Gasteiger partial charge in [0, 0.05) is 42.3 Å². The van der Waals surface area contributed by atoms with E-state index in [0.717, 1.165) is 17.7 Å². The van der Waals surface area contributed by atoms with Crippen LogP contribution >= 0.6 is 0 Å². The number of nitrogens with one attached hydrogen (secondary N) is 2. The number of ether oxygens (including phenoxy) is 1. The highest BCUT2D eigenvalue weighted by Gasteiger charge is 2.31. The number of rotatable bonds is 5. The second kappa shape index (κ2) is 12.1. The topological polar surface area (TPSA) is 155 Å². The van der Waals surface area contributed by atoms with E-state index >= 15 is 0 Å². The summed E-state index contributed by atoms with van der Waals surface area (Å²) in [4.78, 5) is 42.3. The van der Waals surface area contributed by atoms with Gasteiger partial charge in [-0.2, -0.15) is 0 Å². The maximum Gasteiger partial charge on any atom is 0.332 e. The zero-order valence-corrected chi connectivity index (χ0v) is 21.9. The number of halogens is 1. The summed E-state index contributed by atoms with van der Waals surface area (Å²) in [7, 11) is 0. The van der Waals surface area contributed by atoms with Crippen molar-refractivity contribution in [3.8, 4) is 0 Å². The molecular weight excluding hydrogens is 511 g/mol. The van der Waals surface area contributed by atoms with Crippen LogP contribution in [0.1, 0.15) is 46.2 Å². The Hall–Kier alpha value is -3.58. The average molecular weight is 545 g/mol. The number of anilines is 1. The summed E-state index contributed by atoms with van der Waals surface area (Å²) in [5.41, 5.74) is 4.25. The number of fused-ring (bicyclic) bond motifs is 2. The molecule has 210 valence electrons. The van der Waals surface area contributed by atoms with Crippen molar-refractivity contribution in [2.45, 2.75) is 39.0 Å². The smallest absolute Gasteiger partial charge is 0.332 e. The number of hydrogen-bond acceptors (Lipinski definition) is 7. The second-order valence-corrected chi connectivity index (χ2v) is 9.72. The maximum absolute atomic E-state index is 13.8. The largest absolute Gasteiger partial charge is 0.479 e. The first-order valence-corrected chi connectivity index (χ1v) is 12.8. The lowest BCUT2D eigenvalue weighted by atomic mass is 10.0. The molecule has 0 saturated carbocycles. The third-order valence-electron chi connectivity index (χ3n) is 6.98. The van der Waals surface area contributed by atoms with E-state index < -0.39 is 24.1 Å². The summed E-state index contributed by atoms with van der Waals surface area (Å²) in [6.45, 7) is 6.26. The Kier molecular flexibility index (Phi) is 8.80. The van der Waals surface area contributed by atoms with Crippen molar-refractivity contribution in [2.24, 2.45) is 0 Å². The van der Waals surface area contributed by atoms with E-state index in [0.29, 0.717) is 67.4 Å². The number of nitrogens with zero attached hydrogens (tertiary/aromatic N) is 2. The Morgan fingerprint density at radius 1 is 1.21 bits per heavy atom. The van der Waals surface area contributed by atoms with E-state index in [2.05, 4.69) is 10.3 Å². The highest BCUT2D eigenvalue weighted by atomic mass is 19.1. The number of amides is 2. The summed E-state index contributed by atoms with van der Waals surface area (Å²) >= 11 is 0. The zero-order valence-electron chi connectivity index (χ0n) is 21.9. The van der Waals surface area contributed by atoms with Crippen LogP contribution in [0, 0.1) is 12.7 Å². The molecule has 2 aromatic rings. The van der Waals surface area contributed by atoms with Gasteiger partial charge >= 0.3 is 5.97 Å². The molecule has 1 fully saturated rings. The molecule has 5 N–H and O–H groups in total. The number of morpholine rings is 1. The molecule has 2 atom stereocenters. The highest BCUT2D eigenvalue weighted by molar-refractivity contribution is 6.34. The van der Waals surface area contributed by atoms with Crippen LogP contribution < -0.4 is 5.32 Å². The number of carbonyl (C=O) groups excluding carboxylic acids is 2. The first-order valence-electron chi connectivity index (χ1n) is 12.8. The van der Waals surface area contributed by atoms with Gasteiger partial charge in [-0.1, -0.05) is 0 Å². The minimum absolute atomic E-state index is 0.129. The van der Waals surface area contributed by atoms with Crippen LogP contribution in [-0.2, 0) is 20.7 Å². The number of aliphatic carboxylic acids is 1. The molecule has 1 aromatic heterocycles. The fourth-order valence-electron chi connectivity index (χ4n) is 4.82. The molecule has 1 unspecified atom stereocenters. The van der Waals surface area contributed by atoms with Crippen molar-refractivity contribution in [1.29, 1.82) is 0 Å². The number of aromatic nitrogens is 1. The van der Waals surface area contributed by atoms with Crippen LogP contribution in [0.3, 0.4) is 0 Å². The second-order valence-electron chi connectivity index (χ2n) is 9.72. The predicted molar refractivity (Wildman–Crippen MR) is 140 cm³/mol. The molecule has 39 heavy (non-hydrogen) atoms. The lowest BCUT2D eigenvalue weighted by molar-refractivity contribution is -0.145. The predicted octanol–water partition coefficient (Wildman–Crippen LogP) is 1.45. The summed E-state index contributed by atoms with van der Waals surface area (Å²) in [5.74, 6) is -2.04. The van der Waals surface area contributed by atoms with E-state index in [4.69, 9.17) is 14.9 Å². The van der Waals surface area contributed by atoms with Crippen molar-refractivity contribution < 1.29 is 38.8 Å². The average Bonchev–Trinajstić information content (AvgIpc) is 3.33. The van der Waals surface area contributed by atoms with Crippen molar-refractivity contribution in [2.75, 3.05) is 44.7 Å². The fraction of sp³-hybridized carbons (Fsp3) is 0.444. The third kappa shape index (κ3) is 6.36. The molecule has 12 heteroatoms. The van der Waals surface area contributed by atoms with Crippen molar-refractivity contribution >= 4 is 35.1 Å². The monoisotopic (exact) mass is 544 g/mol. The van der Waals surface area contributed by atoms with E-state index in [-0.39, 0.29) is 18.4 Å². The Balaban J connectivity index is 0.000000531. The number of aryl methyl sites for hydroxylation is 1. The van der Waals surface area contributed by atoms with Crippen molar-refractivity contribution in [3.05, 3.63) is 52.1 Å². The molecule has 3 aliphatic rings. The molecule has 4 heterocycles. The number of aromatic amines is 1. The number of hydrogen-bond donors (Lipinski definition) is 5. The molecule has 3 aliphatic heterocycles. The number of H-pyrrole nitrogens is 1. The molecule has 0 spiro atoms. The van der Waals surface area contributed by atoms with Crippen LogP contribution in [0.2, 0.25) is 0 Å². The van der Waals surface area contributed by atoms with Gasteiger partial charge in [0.2, 0.25) is 0 Å². The summed E-state index contributed by atoms with van der Waals surface area (Å²) in [6.07, 6.45) is 1.16. The first-order chi connectivity index (χ1) is 18.6. The lowest BCUT2D eigenvalue weighted by Crippen LogP contribution is -2.50. The number of aliphatic hydroxyl groups excluding tert-OH is 2. The zero-order chi connectivity index (χ0) is 28.3. The SMILES string of the molecule is CC(O)C(=O)O.Cc1c(/C=C2\C(=O)Nc3ccc(F)cc32)[nH]c2c1C(=O)N(C[C@H](O)N1CCOCC1)CCC2. The number of β-amino-alcohol motifs (C(OH)–C–C–N with tert-alkyl or cyclic N) is 1. The summed E-state index contributed by atoms with van der Waals surface area (Å²) < 4.78 is 19.1. The number of carboxylic acid groups (broad SMARTS) is 1. The number of aliphatic hydroxyl groups is 2. The first kappa shape index (κ1) is 28.4. The maximum atomic E-state index is 13.8. The lowest BCUT2D eigenvalue weighted by Gasteiger charge is -2.34. The third-order valence-corrected chi connectivity index (χ3v) is 6.98. The molecule has 0 aliphatic carbocycles. The Bertz CT molecular complexity index is 1280. The molecular formula is C27H33FN4O7. The van der Waals surface area contributed by atoms with Gasteiger partial charge in [-0.15, -0.1) is 0 Å². The van der Waals surface area contributed by atoms with Gasteiger partial charge in [-0.05, 0) is 56.5 Å². The van der Waals surface area contributed by atoms with Crippen molar-refractivity contribution in [1.82, 2.24) is 14.8 Å². The highest BCUT2D eigenvalue weighted by Crippen LogP contribution is 2.35. The molecule has 1 saturated heterocycles. The fourth-order valence-corrected chi connectivity index (χ4v) is 4.82. The number of benzene rings is 1. The summed E-state index contributed by atoms with van der Waals surface area (Å²) in [6, 6.07) is 4.19. The van der Waals surface area contributed by atoms with E-state index in [9.17, 15) is 23.9 Å². The molecule has 1 aromatic carbocycles. The molecule has 5 rings (SSSR count). The minimum atomic E-state index is -1.23. The van der Waals surface area contributed by atoms with E-state index in [1.165, 1.54) is 19.1 Å². The quantitative estimate of drug-likeness (QED) is 0.354. The molecule has 0 radical (unpaired) electrons. The van der Waals surface area contributed by atoms with Gasteiger partial charge < -0.3 is 35.3 Å².